The van der Waals surface area contributed by atoms with E-state index in [4.69, 9.17) is 20.2 Å². The molecule has 2 rings (SSSR count). The highest BCUT2D eigenvalue weighted by Gasteiger charge is 2.17. The van der Waals surface area contributed by atoms with Crippen molar-refractivity contribution >= 4 is 19.7 Å². The lowest BCUT2D eigenvalue weighted by Gasteiger charge is -2.12. The fourth-order valence-corrected chi connectivity index (χ4v) is 2.85. The number of aromatic nitrogens is 1. The van der Waals surface area contributed by atoms with Crippen LogP contribution >= 0.6 is 10.7 Å². The van der Waals surface area contributed by atoms with Gasteiger partial charge in [-0.05, 0) is 36.8 Å². The Kier molecular flexibility index (Phi) is 4.69. The normalized spacial score (nSPS) is 11.2. The Morgan fingerprint density at radius 2 is 2.05 bits per heavy atom. The molecule has 1 aromatic heterocycles. The SMILES string of the molecule is COc1ncccc1COc1ccc(C)cc1S(=O)(=O)Cl. The second-order valence-corrected chi connectivity index (χ2v) is 6.88. The molecule has 0 spiro atoms. The standard InChI is InChI=1S/C14H14ClNO4S/c1-10-5-6-12(13(8-10)21(15,17)18)20-9-11-4-3-7-16-14(11)19-2/h3-8H,9H2,1-2H3. The van der Waals surface area contributed by atoms with Gasteiger partial charge in [-0.3, -0.25) is 0 Å². The molecule has 0 fully saturated rings. The largest absolute Gasteiger partial charge is 0.487 e. The zero-order valence-corrected chi connectivity index (χ0v) is 13.1. The van der Waals surface area contributed by atoms with Crippen LogP contribution in [0.25, 0.3) is 0 Å². The summed E-state index contributed by atoms with van der Waals surface area (Å²) < 4.78 is 33.9. The Bertz CT molecular complexity index is 746. The molecule has 0 radical (unpaired) electrons. The summed E-state index contributed by atoms with van der Waals surface area (Å²) >= 11 is 0. The van der Waals surface area contributed by atoms with E-state index in [1.54, 1.807) is 37.4 Å². The third kappa shape index (κ3) is 3.86. The summed E-state index contributed by atoms with van der Waals surface area (Å²) in [5, 5.41) is 0. The topological polar surface area (TPSA) is 65.5 Å². The van der Waals surface area contributed by atoms with Crippen LogP contribution in [-0.2, 0) is 15.7 Å². The zero-order chi connectivity index (χ0) is 15.5. The van der Waals surface area contributed by atoms with E-state index in [9.17, 15) is 8.42 Å². The van der Waals surface area contributed by atoms with Crippen LogP contribution in [0.5, 0.6) is 11.6 Å². The van der Waals surface area contributed by atoms with Crippen molar-refractivity contribution in [2.75, 3.05) is 7.11 Å². The van der Waals surface area contributed by atoms with Crippen molar-refractivity contribution in [1.82, 2.24) is 4.98 Å². The molecule has 0 atom stereocenters. The van der Waals surface area contributed by atoms with Crippen LogP contribution in [0.2, 0.25) is 0 Å². The smallest absolute Gasteiger partial charge is 0.264 e. The molecule has 0 bridgehead atoms. The van der Waals surface area contributed by atoms with Gasteiger partial charge in [0.25, 0.3) is 9.05 Å². The van der Waals surface area contributed by atoms with Gasteiger partial charge in [-0.25, -0.2) is 13.4 Å². The Hall–Kier alpha value is -1.79. The number of rotatable bonds is 5. The lowest BCUT2D eigenvalue weighted by atomic mass is 10.2. The molecule has 7 heteroatoms. The molecule has 112 valence electrons. The fourth-order valence-electron chi connectivity index (χ4n) is 1.80. The number of nitrogens with zero attached hydrogens (tertiary/aromatic N) is 1. The van der Waals surface area contributed by atoms with Crippen LogP contribution < -0.4 is 9.47 Å². The molecule has 0 saturated heterocycles. The maximum atomic E-state index is 11.6. The van der Waals surface area contributed by atoms with E-state index >= 15 is 0 Å². The molecular weight excluding hydrogens is 314 g/mol. The minimum atomic E-state index is -3.88. The first-order chi connectivity index (χ1) is 9.91. The van der Waals surface area contributed by atoms with Crippen LogP contribution in [0.1, 0.15) is 11.1 Å². The first-order valence-electron chi connectivity index (χ1n) is 6.08. The molecule has 5 nitrogen and oxygen atoms in total. The summed E-state index contributed by atoms with van der Waals surface area (Å²) in [7, 11) is 3.06. The lowest BCUT2D eigenvalue weighted by Crippen LogP contribution is -2.03. The second-order valence-electron chi connectivity index (χ2n) is 4.35. The number of ether oxygens (including phenoxy) is 2. The minimum absolute atomic E-state index is 0.0491. The average Bonchev–Trinajstić information content (AvgIpc) is 2.45. The van der Waals surface area contributed by atoms with Gasteiger partial charge >= 0.3 is 0 Å². The van der Waals surface area contributed by atoms with Gasteiger partial charge in [0, 0.05) is 16.9 Å². The van der Waals surface area contributed by atoms with Gasteiger partial charge in [-0.1, -0.05) is 6.07 Å². The number of pyridine rings is 1. The molecule has 0 N–H and O–H groups in total. The van der Waals surface area contributed by atoms with Crippen molar-refractivity contribution in [3.8, 4) is 11.6 Å². The van der Waals surface area contributed by atoms with Crippen molar-refractivity contribution in [3.63, 3.8) is 0 Å². The van der Waals surface area contributed by atoms with E-state index < -0.39 is 9.05 Å². The highest BCUT2D eigenvalue weighted by molar-refractivity contribution is 8.13. The maximum Gasteiger partial charge on any atom is 0.264 e. The summed E-state index contributed by atoms with van der Waals surface area (Å²) in [6, 6.07) is 8.33. The van der Waals surface area contributed by atoms with Gasteiger partial charge in [-0.15, -0.1) is 0 Å². The molecule has 1 aromatic carbocycles. The maximum absolute atomic E-state index is 11.6. The van der Waals surface area contributed by atoms with Crippen molar-refractivity contribution in [2.45, 2.75) is 18.4 Å². The monoisotopic (exact) mass is 327 g/mol. The zero-order valence-electron chi connectivity index (χ0n) is 11.5. The Morgan fingerprint density at radius 1 is 1.29 bits per heavy atom. The first-order valence-corrected chi connectivity index (χ1v) is 8.39. The van der Waals surface area contributed by atoms with Crippen LogP contribution in [0.4, 0.5) is 0 Å². The summed E-state index contributed by atoms with van der Waals surface area (Å²) in [5.41, 5.74) is 1.49. The van der Waals surface area contributed by atoms with Gasteiger partial charge in [-0.2, -0.15) is 0 Å². The lowest BCUT2D eigenvalue weighted by molar-refractivity contribution is 0.287. The molecule has 0 unspecified atom stereocenters. The van der Waals surface area contributed by atoms with E-state index in [0.717, 1.165) is 5.56 Å². The van der Waals surface area contributed by atoms with Crippen LogP contribution in [0.15, 0.2) is 41.4 Å². The number of halogens is 1. The Labute approximate surface area is 127 Å². The average molecular weight is 328 g/mol. The van der Waals surface area contributed by atoms with Crippen molar-refractivity contribution in [1.29, 1.82) is 0 Å². The van der Waals surface area contributed by atoms with Crippen molar-refractivity contribution in [3.05, 3.63) is 47.7 Å². The highest BCUT2D eigenvalue weighted by atomic mass is 35.7. The van der Waals surface area contributed by atoms with Gasteiger partial charge in [0.1, 0.15) is 17.3 Å². The summed E-state index contributed by atoms with van der Waals surface area (Å²) in [4.78, 5) is 4.00. The molecule has 0 aliphatic rings. The van der Waals surface area contributed by atoms with E-state index in [1.165, 1.54) is 13.2 Å². The summed E-state index contributed by atoms with van der Waals surface area (Å²) in [5.74, 6) is 0.626. The number of benzene rings is 1. The molecule has 21 heavy (non-hydrogen) atoms. The number of hydrogen-bond donors (Lipinski definition) is 0. The highest BCUT2D eigenvalue weighted by Crippen LogP contribution is 2.29. The third-order valence-electron chi connectivity index (χ3n) is 2.79. The van der Waals surface area contributed by atoms with Gasteiger partial charge in [0.2, 0.25) is 5.88 Å². The number of methoxy groups -OCH3 is 1. The first kappa shape index (κ1) is 15.6. The van der Waals surface area contributed by atoms with E-state index in [1.807, 2.05) is 0 Å². The predicted molar refractivity (Wildman–Crippen MR) is 79.3 cm³/mol. The Balaban J connectivity index is 2.29. The van der Waals surface area contributed by atoms with E-state index in [-0.39, 0.29) is 17.3 Å². The number of hydrogen-bond acceptors (Lipinski definition) is 5. The molecular formula is C14H14ClNO4S. The van der Waals surface area contributed by atoms with Crippen LogP contribution in [-0.4, -0.2) is 20.5 Å². The predicted octanol–water partition coefficient (Wildman–Crippen LogP) is 2.91. The quantitative estimate of drug-likeness (QED) is 0.790. The summed E-state index contributed by atoms with van der Waals surface area (Å²) in [6.07, 6.45) is 1.60. The van der Waals surface area contributed by atoms with Gasteiger partial charge < -0.3 is 9.47 Å². The fraction of sp³-hybridized carbons (Fsp3) is 0.214. The molecule has 0 amide bonds. The second kappa shape index (κ2) is 6.32. The molecule has 0 aliphatic heterocycles. The van der Waals surface area contributed by atoms with Gasteiger partial charge in [0.15, 0.2) is 0 Å². The van der Waals surface area contributed by atoms with E-state index in [0.29, 0.717) is 11.4 Å². The minimum Gasteiger partial charge on any atom is -0.487 e. The van der Waals surface area contributed by atoms with Crippen LogP contribution in [0, 0.1) is 6.92 Å². The van der Waals surface area contributed by atoms with Crippen LogP contribution in [0.3, 0.4) is 0 Å². The molecule has 0 saturated carbocycles. The number of aryl methyl sites for hydroxylation is 1. The summed E-state index contributed by atoms with van der Waals surface area (Å²) in [6.45, 7) is 1.90. The molecule has 2 aromatic rings. The third-order valence-corrected chi connectivity index (χ3v) is 4.13. The van der Waals surface area contributed by atoms with Crippen molar-refractivity contribution in [2.24, 2.45) is 0 Å². The Morgan fingerprint density at radius 3 is 2.71 bits per heavy atom. The molecule has 0 aliphatic carbocycles. The molecule has 1 heterocycles. The van der Waals surface area contributed by atoms with Crippen molar-refractivity contribution < 1.29 is 17.9 Å². The van der Waals surface area contributed by atoms with E-state index in [2.05, 4.69) is 4.98 Å². The van der Waals surface area contributed by atoms with Gasteiger partial charge in [0.05, 0.1) is 12.7 Å².